The molecule has 0 spiro atoms. The van der Waals surface area contributed by atoms with Gasteiger partial charge in [0, 0.05) is 18.1 Å². The van der Waals surface area contributed by atoms with E-state index in [4.69, 9.17) is 9.73 Å². The smallest absolute Gasteiger partial charge is 0.162 e. The lowest BCUT2D eigenvalue weighted by Crippen LogP contribution is -2.53. The van der Waals surface area contributed by atoms with Crippen molar-refractivity contribution in [3.05, 3.63) is 53.7 Å². The van der Waals surface area contributed by atoms with Crippen LogP contribution >= 0.6 is 0 Å². The van der Waals surface area contributed by atoms with E-state index in [-0.39, 0.29) is 18.7 Å². The van der Waals surface area contributed by atoms with E-state index in [1.54, 1.807) is 4.79 Å². The number of aliphatic imine (C=N–C) groups is 1. The van der Waals surface area contributed by atoms with Gasteiger partial charge < -0.3 is 9.64 Å². The highest BCUT2D eigenvalue weighted by Gasteiger charge is 2.43. The summed E-state index contributed by atoms with van der Waals surface area (Å²) in [5.41, 5.74) is 2.82. The zero-order chi connectivity index (χ0) is 18.8. The van der Waals surface area contributed by atoms with Crippen LogP contribution in [0, 0.1) is 0 Å². The zero-order valence-electron chi connectivity index (χ0n) is 15.3. The number of nitrogens with zero attached hydrogens (tertiary/aromatic N) is 8. The quantitative estimate of drug-likeness (QED) is 0.730. The molecule has 9 nitrogen and oxygen atoms in total. The van der Waals surface area contributed by atoms with Gasteiger partial charge >= 0.3 is 0 Å². The summed E-state index contributed by atoms with van der Waals surface area (Å²) in [6, 6.07) is 7.91. The van der Waals surface area contributed by atoms with Crippen LogP contribution in [0.4, 0.5) is 10.2 Å². The molecule has 0 bridgehead atoms. The fraction of sp³-hybridized carbons (Fsp3) is 0.389. The van der Waals surface area contributed by atoms with Gasteiger partial charge in [-0.25, -0.2) is 4.99 Å². The van der Waals surface area contributed by atoms with E-state index < -0.39 is 0 Å². The monoisotopic (exact) mass is 382 g/mol. The first-order valence-corrected chi connectivity index (χ1v) is 9.38. The minimum absolute atomic E-state index is 0.130. The summed E-state index contributed by atoms with van der Waals surface area (Å²) in [7, 11) is 0. The molecule has 2 unspecified atom stereocenters. The van der Waals surface area contributed by atoms with E-state index >= 15 is 0 Å². The summed E-state index contributed by atoms with van der Waals surface area (Å²) in [5, 5.41) is 13.1. The van der Waals surface area contributed by atoms with E-state index in [1.165, 1.54) is 6.20 Å². The Hall–Kier alpha value is -3.14. The summed E-state index contributed by atoms with van der Waals surface area (Å²) in [5.74, 6) is 1.72. The number of anilines is 1. The second kappa shape index (κ2) is 5.68. The van der Waals surface area contributed by atoms with Gasteiger partial charge in [-0.15, -0.1) is 9.89 Å². The van der Waals surface area contributed by atoms with E-state index in [1.807, 2.05) is 45.5 Å². The van der Waals surface area contributed by atoms with Crippen LogP contribution in [0.5, 0.6) is 0 Å². The highest BCUT2D eigenvalue weighted by Crippen LogP contribution is 2.39. The van der Waals surface area contributed by atoms with Crippen LogP contribution in [0.2, 0.25) is 0 Å². The fourth-order valence-electron chi connectivity index (χ4n) is 4.33. The molecule has 1 aromatic carbocycles. The number of fused-ring (bicyclic) bond motifs is 6. The van der Waals surface area contributed by atoms with Crippen molar-refractivity contribution in [3.8, 4) is 0 Å². The third kappa shape index (κ3) is 2.12. The molecule has 144 valence electrons. The average molecular weight is 382 g/mol. The number of aromatic nitrogens is 3. The number of amidine groups is 1. The maximum absolute atomic E-state index is 14.1. The predicted octanol–water partition coefficient (Wildman–Crippen LogP) is 1.52. The SMILES string of the molecule is CC1OCCC1c1cn(N2CN=C3c4ccccc4N4CN(F)C=C4N32)nn1. The largest absolute Gasteiger partial charge is 0.378 e. The van der Waals surface area contributed by atoms with Gasteiger partial charge in [-0.2, -0.15) is 15.2 Å². The van der Waals surface area contributed by atoms with E-state index in [0.29, 0.717) is 17.6 Å². The van der Waals surface area contributed by atoms with Gasteiger partial charge in [0.05, 0.1) is 29.9 Å². The molecule has 1 aromatic heterocycles. The van der Waals surface area contributed by atoms with Crippen LogP contribution in [0.3, 0.4) is 0 Å². The second-order valence-corrected chi connectivity index (χ2v) is 7.32. The van der Waals surface area contributed by atoms with Gasteiger partial charge in [0.15, 0.2) is 18.3 Å². The summed E-state index contributed by atoms with van der Waals surface area (Å²) in [6.07, 6.45) is 4.47. The molecule has 4 aliphatic heterocycles. The maximum Gasteiger partial charge on any atom is 0.162 e. The maximum atomic E-state index is 14.1. The van der Waals surface area contributed by atoms with Gasteiger partial charge in [0.1, 0.15) is 6.67 Å². The average Bonchev–Trinajstić information content (AvgIpc) is 3.46. The van der Waals surface area contributed by atoms with E-state index in [9.17, 15) is 4.48 Å². The molecule has 0 amide bonds. The van der Waals surface area contributed by atoms with Crippen LogP contribution in [0.25, 0.3) is 0 Å². The summed E-state index contributed by atoms with van der Waals surface area (Å²) in [4.78, 5) is 8.32. The Bertz CT molecular complexity index is 1000. The Balaban J connectivity index is 1.39. The molecule has 2 atom stereocenters. The van der Waals surface area contributed by atoms with E-state index in [0.717, 1.165) is 35.8 Å². The van der Waals surface area contributed by atoms with Crippen molar-refractivity contribution in [2.45, 2.75) is 25.4 Å². The van der Waals surface area contributed by atoms with Gasteiger partial charge in [-0.05, 0) is 30.7 Å². The molecule has 6 rings (SSSR count). The molecule has 0 N–H and O–H groups in total. The highest BCUT2D eigenvalue weighted by atomic mass is 19.2. The van der Waals surface area contributed by atoms with Crippen LogP contribution in [0.1, 0.15) is 30.5 Å². The lowest BCUT2D eigenvalue weighted by Gasteiger charge is -2.39. The zero-order valence-corrected chi connectivity index (χ0v) is 15.3. The first-order chi connectivity index (χ1) is 13.7. The minimum atomic E-state index is 0.130. The third-order valence-corrected chi connectivity index (χ3v) is 5.73. The number of halogens is 1. The van der Waals surface area contributed by atoms with Crippen molar-refractivity contribution >= 4 is 11.5 Å². The Morgan fingerprint density at radius 1 is 1.25 bits per heavy atom. The van der Waals surface area contributed by atoms with Gasteiger partial charge in [0.2, 0.25) is 0 Å². The van der Waals surface area contributed by atoms with Gasteiger partial charge in [-0.3, -0.25) is 0 Å². The number of hydrazine groups is 1. The highest BCUT2D eigenvalue weighted by molar-refractivity contribution is 6.08. The topological polar surface area (TPSA) is 65.3 Å². The van der Waals surface area contributed by atoms with Crippen LogP contribution in [0.15, 0.2) is 47.5 Å². The number of para-hydroxylation sites is 1. The first kappa shape index (κ1) is 15.9. The summed E-state index contributed by atoms with van der Waals surface area (Å²) in [6.45, 7) is 3.32. The number of benzene rings is 1. The molecule has 10 heteroatoms. The minimum Gasteiger partial charge on any atom is -0.378 e. The van der Waals surface area contributed by atoms with Crippen LogP contribution in [-0.2, 0) is 4.74 Å². The van der Waals surface area contributed by atoms with Gasteiger partial charge in [0.25, 0.3) is 0 Å². The molecule has 0 aliphatic carbocycles. The Morgan fingerprint density at radius 2 is 2.14 bits per heavy atom. The Kier molecular flexibility index (Phi) is 3.22. The van der Waals surface area contributed by atoms with Gasteiger partial charge in [-0.1, -0.05) is 16.6 Å². The molecule has 4 aliphatic rings. The summed E-state index contributed by atoms with van der Waals surface area (Å²) >= 11 is 0. The van der Waals surface area contributed by atoms with Crippen LogP contribution < -0.4 is 10.0 Å². The lowest BCUT2D eigenvalue weighted by atomic mass is 10.00. The second-order valence-electron chi connectivity index (χ2n) is 7.32. The molecule has 1 saturated heterocycles. The van der Waals surface area contributed by atoms with E-state index in [2.05, 4.69) is 17.2 Å². The molecule has 28 heavy (non-hydrogen) atoms. The third-order valence-electron chi connectivity index (χ3n) is 5.73. The molecule has 2 aromatic rings. The number of hydrogen-bond donors (Lipinski definition) is 0. The van der Waals surface area contributed by atoms with Crippen molar-refractivity contribution in [2.24, 2.45) is 4.99 Å². The molecular weight excluding hydrogens is 363 g/mol. The molecule has 0 saturated carbocycles. The van der Waals surface area contributed by atoms with Crippen LogP contribution in [-0.4, -0.2) is 57.1 Å². The fourth-order valence-corrected chi connectivity index (χ4v) is 4.33. The normalized spacial score (nSPS) is 25.6. The molecular formula is C18H19FN8O. The van der Waals surface area contributed by atoms with Crippen molar-refractivity contribution in [3.63, 3.8) is 0 Å². The molecule has 5 heterocycles. The number of hydrogen-bond acceptors (Lipinski definition) is 8. The lowest BCUT2D eigenvalue weighted by molar-refractivity contribution is 0.104. The number of rotatable bonds is 2. The predicted molar refractivity (Wildman–Crippen MR) is 99.1 cm³/mol. The first-order valence-electron chi connectivity index (χ1n) is 9.38. The molecule has 1 fully saturated rings. The Morgan fingerprint density at radius 3 is 3.00 bits per heavy atom. The van der Waals surface area contributed by atoms with Crippen molar-refractivity contribution < 1.29 is 9.22 Å². The standard InChI is InChI=1S/C18H19FN8O/c1-12-13(6-7-28-12)15-8-25(22-21-15)26-10-20-18-14-4-2-3-5-16(14)24-11-23(19)9-17(24)27(18)26/h2-5,8-9,12-13H,6-7,10-11H2,1H3. The molecule has 0 radical (unpaired) electrons. The van der Waals surface area contributed by atoms with Crippen molar-refractivity contribution in [2.75, 3.05) is 30.0 Å². The van der Waals surface area contributed by atoms with Crippen molar-refractivity contribution in [1.82, 2.24) is 25.2 Å². The number of ether oxygens (including phenoxy) is 1. The Labute approximate surface area is 160 Å². The summed E-state index contributed by atoms with van der Waals surface area (Å²) < 4.78 is 19.8. The van der Waals surface area contributed by atoms with Crippen molar-refractivity contribution in [1.29, 1.82) is 0 Å².